The predicted molar refractivity (Wildman–Crippen MR) is 90.2 cm³/mol. The van der Waals surface area contributed by atoms with Gasteiger partial charge in [0.05, 0.1) is 24.8 Å². The fourth-order valence-electron chi connectivity index (χ4n) is 3.30. The largest absolute Gasteiger partial charge is 0.465 e. The van der Waals surface area contributed by atoms with E-state index in [0.29, 0.717) is 28.4 Å². The standard InChI is InChI=1S/C18H26N2O4/c1-11-6-5-8-20(9-7-11)15(22)10-14-16(18(23)24-4)12(2)17(19-14)13(3)21/h11,19H,5-10H2,1-4H3/t11-/m1/s1. The van der Waals surface area contributed by atoms with Crippen molar-refractivity contribution >= 4 is 17.7 Å². The first-order chi connectivity index (χ1) is 11.3. The third kappa shape index (κ3) is 3.86. The number of carbonyl (C=O) groups excluding carboxylic acids is 3. The molecule has 6 nitrogen and oxygen atoms in total. The van der Waals surface area contributed by atoms with Crippen LogP contribution in [0.25, 0.3) is 0 Å². The summed E-state index contributed by atoms with van der Waals surface area (Å²) in [6.45, 7) is 6.82. The summed E-state index contributed by atoms with van der Waals surface area (Å²) in [5, 5.41) is 0. The van der Waals surface area contributed by atoms with E-state index in [4.69, 9.17) is 4.74 Å². The molecule has 1 saturated heterocycles. The lowest BCUT2D eigenvalue weighted by Crippen LogP contribution is -2.33. The summed E-state index contributed by atoms with van der Waals surface area (Å²) in [4.78, 5) is 41.3. The van der Waals surface area contributed by atoms with Crippen LogP contribution < -0.4 is 0 Å². The number of ketones is 1. The highest BCUT2D eigenvalue weighted by molar-refractivity contribution is 6.01. The van der Waals surface area contributed by atoms with Crippen molar-refractivity contribution in [2.24, 2.45) is 5.92 Å². The molecule has 0 radical (unpaired) electrons. The van der Waals surface area contributed by atoms with Crippen molar-refractivity contribution < 1.29 is 19.1 Å². The highest BCUT2D eigenvalue weighted by atomic mass is 16.5. The van der Waals surface area contributed by atoms with E-state index in [9.17, 15) is 14.4 Å². The van der Waals surface area contributed by atoms with Gasteiger partial charge in [0.15, 0.2) is 5.78 Å². The predicted octanol–water partition coefficient (Wildman–Crippen LogP) is 2.50. The monoisotopic (exact) mass is 334 g/mol. The topological polar surface area (TPSA) is 79.5 Å². The van der Waals surface area contributed by atoms with Crippen LogP contribution in [0.1, 0.15) is 65.2 Å². The van der Waals surface area contributed by atoms with Crippen molar-refractivity contribution in [3.05, 3.63) is 22.5 Å². The van der Waals surface area contributed by atoms with E-state index in [-0.39, 0.29) is 18.1 Å². The van der Waals surface area contributed by atoms with Gasteiger partial charge < -0.3 is 14.6 Å². The normalized spacial score (nSPS) is 18.2. The van der Waals surface area contributed by atoms with E-state index in [1.165, 1.54) is 14.0 Å². The lowest BCUT2D eigenvalue weighted by molar-refractivity contribution is -0.130. The maximum absolute atomic E-state index is 12.6. The summed E-state index contributed by atoms with van der Waals surface area (Å²) in [7, 11) is 1.30. The van der Waals surface area contributed by atoms with Gasteiger partial charge in [0.1, 0.15) is 0 Å². The summed E-state index contributed by atoms with van der Waals surface area (Å²) in [5.74, 6) is -0.0837. The zero-order chi connectivity index (χ0) is 17.9. The number of rotatable bonds is 4. The maximum Gasteiger partial charge on any atom is 0.339 e. The molecule has 1 aliphatic heterocycles. The lowest BCUT2D eigenvalue weighted by atomic mass is 10.0. The molecule has 0 bridgehead atoms. The molecule has 24 heavy (non-hydrogen) atoms. The van der Waals surface area contributed by atoms with Gasteiger partial charge in [-0.25, -0.2) is 4.79 Å². The van der Waals surface area contributed by atoms with Gasteiger partial charge in [-0.05, 0) is 37.7 Å². The average Bonchev–Trinajstić information content (AvgIpc) is 2.70. The van der Waals surface area contributed by atoms with Crippen molar-refractivity contribution in [1.82, 2.24) is 9.88 Å². The second kappa shape index (κ2) is 7.64. The number of aromatic nitrogens is 1. The molecule has 132 valence electrons. The molecule has 6 heteroatoms. The number of hydrogen-bond acceptors (Lipinski definition) is 4. The molecule has 1 atom stereocenters. The zero-order valence-corrected chi connectivity index (χ0v) is 14.9. The summed E-state index contributed by atoms with van der Waals surface area (Å²) in [5.41, 5.74) is 1.68. The lowest BCUT2D eigenvalue weighted by Gasteiger charge is -2.20. The molecule has 2 heterocycles. The Hall–Kier alpha value is -2.11. The van der Waals surface area contributed by atoms with Crippen molar-refractivity contribution in [2.45, 2.75) is 46.5 Å². The second-order valence-electron chi connectivity index (χ2n) is 6.62. The Balaban J connectivity index is 2.24. The minimum atomic E-state index is -0.525. The van der Waals surface area contributed by atoms with Crippen LogP contribution in [0, 0.1) is 12.8 Å². The van der Waals surface area contributed by atoms with Gasteiger partial charge in [0.25, 0.3) is 0 Å². The van der Waals surface area contributed by atoms with Crippen molar-refractivity contribution in [2.75, 3.05) is 20.2 Å². The van der Waals surface area contributed by atoms with E-state index in [1.54, 1.807) is 6.92 Å². The molecule has 2 rings (SSSR count). The van der Waals surface area contributed by atoms with Gasteiger partial charge in [-0.15, -0.1) is 0 Å². The van der Waals surface area contributed by atoms with Crippen LogP contribution in [0.2, 0.25) is 0 Å². The molecular weight excluding hydrogens is 308 g/mol. The number of methoxy groups -OCH3 is 1. The van der Waals surface area contributed by atoms with Gasteiger partial charge in [-0.3, -0.25) is 9.59 Å². The molecular formula is C18H26N2O4. The Morgan fingerprint density at radius 3 is 2.58 bits per heavy atom. The Bertz CT molecular complexity index is 648. The molecule has 0 spiro atoms. The van der Waals surface area contributed by atoms with Crippen LogP contribution in [-0.4, -0.2) is 47.7 Å². The minimum Gasteiger partial charge on any atom is -0.465 e. The molecule has 1 aromatic rings. The summed E-state index contributed by atoms with van der Waals surface area (Å²) in [6, 6.07) is 0. The first-order valence-electron chi connectivity index (χ1n) is 8.43. The molecule has 1 amide bonds. The van der Waals surface area contributed by atoms with Crippen LogP contribution in [0.15, 0.2) is 0 Å². The van der Waals surface area contributed by atoms with E-state index in [1.807, 2.05) is 4.90 Å². The number of H-pyrrole nitrogens is 1. The number of nitrogens with zero attached hydrogens (tertiary/aromatic N) is 1. The summed E-state index contributed by atoms with van der Waals surface area (Å²) in [6.07, 6.45) is 3.21. The molecule has 1 aromatic heterocycles. The van der Waals surface area contributed by atoms with Crippen LogP contribution in [0.5, 0.6) is 0 Å². The van der Waals surface area contributed by atoms with Crippen LogP contribution in [-0.2, 0) is 16.0 Å². The number of esters is 1. The van der Waals surface area contributed by atoms with Crippen molar-refractivity contribution in [3.8, 4) is 0 Å². The number of Topliss-reactive ketones (excluding diaryl/α,β-unsaturated/α-hetero) is 1. The van der Waals surface area contributed by atoms with E-state index >= 15 is 0 Å². The third-order valence-electron chi connectivity index (χ3n) is 4.77. The highest BCUT2D eigenvalue weighted by Gasteiger charge is 2.26. The highest BCUT2D eigenvalue weighted by Crippen LogP contribution is 2.22. The molecule has 1 fully saturated rings. The second-order valence-corrected chi connectivity index (χ2v) is 6.62. The number of aromatic amines is 1. The van der Waals surface area contributed by atoms with Gasteiger partial charge in [-0.1, -0.05) is 6.92 Å². The molecule has 0 aromatic carbocycles. The fraction of sp³-hybridized carbons (Fsp3) is 0.611. The first-order valence-corrected chi connectivity index (χ1v) is 8.43. The number of amides is 1. The van der Waals surface area contributed by atoms with Crippen LogP contribution in [0.4, 0.5) is 0 Å². The minimum absolute atomic E-state index is 0.0226. The average molecular weight is 334 g/mol. The number of nitrogens with one attached hydrogen (secondary N) is 1. The molecule has 0 unspecified atom stereocenters. The van der Waals surface area contributed by atoms with Gasteiger partial charge in [0.2, 0.25) is 5.91 Å². The van der Waals surface area contributed by atoms with E-state index in [0.717, 1.165) is 32.4 Å². The summed E-state index contributed by atoms with van der Waals surface area (Å²) >= 11 is 0. The number of carbonyl (C=O) groups is 3. The molecule has 1 aliphatic rings. The third-order valence-corrected chi connectivity index (χ3v) is 4.77. The van der Waals surface area contributed by atoms with Gasteiger partial charge in [-0.2, -0.15) is 0 Å². The summed E-state index contributed by atoms with van der Waals surface area (Å²) < 4.78 is 4.82. The first kappa shape index (κ1) is 18.2. The van der Waals surface area contributed by atoms with Crippen LogP contribution in [0.3, 0.4) is 0 Å². The SMILES string of the molecule is COC(=O)c1c(CC(=O)N2CCC[C@@H](C)CC2)[nH]c(C(C)=O)c1C. The smallest absolute Gasteiger partial charge is 0.339 e. The Morgan fingerprint density at radius 1 is 1.25 bits per heavy atom. The Labute approximate surface area is 142 Å². The number of likely N-dealkylation sites (tertiary alicyclic amines) is 1. The van der Waals surface area contributed by atoms with E-state index in [2.05, 4.69) is 11.9 Å². The van der Waals surface area contributed by atoms with Crippen molar-refractivity contribution in [1.29, 1.82) is 0 Å². The number of ether oxygens (including phenoxy) is 1. The van der Waals surface area contributed by atoms with E-state index < -0.39 is 5.97 Å². The van der Waals surface area contributed by atoms with Gasteiger partial charge in [0, 0.05) is 25.7 Å². The maximum atomic E-state index is 12.6. The van der Waals surface area contributed by atoms with Crippen LogP contribution >= 0.6 is 0 Å². The Morgan fingerprint density at radius 2 is 1.96 bits per heavy atom. The molecule has 0 saturated carbocycles. The van der Waals surface area contributed by atoms with Gasteiger partial charge >= 0.3 is 5.97 Å². The quantitative estimate of drug-likeness (QED) is 0.678. The zero-order valence-electron chi connectivity index (χ0n) is 14.9. The molecule has 0 aliphatic carbocycles. The number of hydrogen-bond donors (Lipinski definition) is 1. The fourth-order valence-corrected chi connectivity index (χ4v) is 3.30. The van der Waals surface area contributed by atoms with Crippen molar-refractivity contribution in [3.63, 3.8) is 0 Å². The molecule has 1 N–H and O–H groups in total. The Kier molecular flexibility index (Phi) is 5.80.